The summed E-state index contributed by atoms with van der Waals surface area (Å²) >= 11 is 6.07. The molecule has 9 nitrogen and oxygen atoms in total. The maximum absolute atomic E-state index is 14.6. The molecule has 0 radical (unpaired) electrons. The van der Waals surface area contributed by atoms with Crippen LogP contribution in [-0.4, -0.2) is 53.4 Å². The highest BCUT2D eigenvalue weighted by atomic mass is 35.5. The van der Waals surface area contributed by atoms with E-state index in [4.69, 9.17) is 21.1 Å². The van der Waals surface area contributed by atoms with Crippen LogP contribution in [-0.2, 0) is 19.2 Å². The summed E-state index contributed by atoms with van der Waals surface area (Å²) < 4.78 is 25.5. The van der Waals surface area contributed by atoms with Crippen LogP contribution in [0.25, 0.3) is 0 Å². The minimum Gasteiger partial charge on any atom is -0.508 e. The van der Waals surface area contributed by atoms with Crippen molar-refractivity contribution in [3.8, 4) is 17.2 Å². The maximum atomic E-state index is 14.6. The van der Waals surface area contributed by atoms with Crippen molar-refractivity contribution < 1.29 is 38.1 Å². The molecule has 6 atom stereocenters. The number of phenolic OH excluding ortho intramolecular Hbond substituents is 1. The molecule has 2 saturated heterocycles. The molecule has 1 N–H and O–H groups in total. The number of hydrogen-bond donors (Lipinski definition) is 1. The van der Waals surface area contributed by atoms with E-state index in [9.17, 15) is 28.7 Å². The largest absolute Gasteiger partial charge is 0.508 e. The Labute approximate surface area is 259 Å². The fraction of sp³-hybridized carbons (Fsp3) is 0.455. The van der Waals surface area contributed by atoms with Gasteiger partial charge in [0.1, 0.15) is 23.1 Å². The molecule has 0 spiro atoms. The Hall–Kier alpha value is -3.92. The number of halogens is 2. The van der Waals surface area contributed by atoms with Crippen molar-refractivity contribution in [2.24, 2.45) is 29.1 Å². The van der Waals surface area contributed by atoms with Crippen molar-refractivity contribution in [2.45, 2.75) is 52.0 Å². The van der Waals surface area contributed by atoms with Crippen LogP contribution in [0.4, 0.5) is 10.1 Å². The lowest BCUT2D eigenvalue weighted by molar-refractivity contribution is -0.145. The molecule has 2 aliphatic heterocycles. The standard InChI is InChI=1S/C33H34ClFN2O7/c1-32(2,3)37-28(39)18-9-8-17-19(25(18)30(37)41)14-20-29(40)36(15-7-10-22(35)21(34)11-15)31(42)33(20,4)27(17)26-23(43-5)12-16(38)13-24(26)44-6/h7-8,10-13,18-20,25,27,38H,9,14H2,1-6H3/t18-,19+,20-,25-,27+,33+/m0/s1. The summed E-state index contributed by atoms with van der Waals surface area (Å²) in [4.78, 5) is 58.9. The van der Waals surface area contributed by atoms with E-state index in [2.05, 4.69) is 0 Å². The number of amides is 4. The third-order valence-electron chi connectivity index (χ3n) is 9.92. The van der Waals surface area contributed by atoms with E-state index in [1.807, 2.05) is 26.8 Å². The summed E-state index contributed by atoms with van der Waals surface area (Å²) in [5.41, 5.74) is -0.829. The van der Waals surface area contributed by atoms with E-state index in [0.717, 1.165) is 16.5 Å². The lowest BCUT2D eigenvalue weighted by atomic mass is 9.51. The molecule has 1 saturated carbocycles. The third-order valence-corrected chi connectivity index (χ3v) is 10.2. The summed E-state index contributed by atoms with van der Waals surface area (Å²) in [5, 5.41) is 10.2. The van der Waals surface area contributed by atoms with Gasteiger partial charge in [0.05, 0.1) is 48.1 Å². The van der Waals surface area contributed by atoms with Gasteiger partial charge in [0.25, 0.3) is 0 Å². The summed E-state index contributed by atoms with van der Waals surface area (Å²) in [6.07, 6.45) is 2.36. The molecule has 2 heterocycles. The van der Waals surface area contributed by atoms with E-state index >= 15 is 0 Å². The molecular weight excluding hydrogens is 591 g/mol. The van der Waals surface area contributed by atoms with Gasteiger partial charge in [0, 0.05) is 29.2 Å². The highest BCUT2D eigenvalue weighted by Crippen LogP contribution is 2.66. The predicted molar refractivity (Wildman–Crippen MR) is 159 cm³/mol. The monoisotopic (exact) mass is 624 g/mol. The lowest BCUT2D eigenvalue weighted by Gasteiger charge is -2.49. The van der Waals surface area contributed by atoms with Crippen LogP contribution >= 0.6 is 11.6 Å². The van der Waals surface area contributed by atoms with Crippen molar-refractivity contribution >= 4 is 40.9 Å². The number of allylic oxidation sites excluding steroid dienone is 2. The summed E-state index contributed by atoms with van der Waals surface area (Å²) in [6, 6.07) is 6.50. The molecule has 0 bridgehead atoms. The summed E-state index contributed by atoms with van der Waals surface area (Å²) in [5.74, 6) is -5.52. The number of carbonyl (C=O) groups is 4. The van der Waals surface area contributed by atoms with Crippen molar-refractivity contribution in [2.75, 3.05) is 19.1 Å². The number of imide groups is 2. The molecular formula is C33H34ClFN2O7. The Kier molecular flexibility index (Phi) is 6.88. The molecule has 0 aromatic heterocycles. The van der Waals surface area contributed by atoms with Gasteiger partial charge in [0.2, 0.25) is 23.6 Å². The second-order valence-electron chi connectivity index (χ2n) is 13.2. The van der Waals surface area contributed by atoms with Crippen molar-refractivity contribution in [3.05, 3.63) is 58.4 Å². The Morgan fingerprint density at radius 3 is 2.18 bits per heavy atom. The summed E-state index contributed by atoms with van der Waals surface area (Å²) in [7, 11) is 2.86. The minimum atomic E-state index is -1.40. The third kappa shape index (κ3) is 4.02. The van der Waals surface area contributed by atoms with Crippen LogP contribution in [0.3, 0.4) is 0 Å². The van der Waals surface area contributed by atoms with E-state index in [1.165, 1.54) is 43.4 Å². The first-order valence-electron chi connectivity index (χ1n) is 14.5. The zero-order valence-corrected chi connectivity index (χ0v) is 26.1. The van der Waals surface area contributed by atoms with Crippen LogP contribution < -0.4 is 14.4 Å². The van der Waals surface area contributed by atoms with E-state index in [-0.39, 0.29) is 52.6 Å². The second-order valence-corrected chi connectivity index (χ2v) is 13.6. The number of rotatable bonds is 4. The quantitative estimate of drug-likeness (QED) is 0.366. The molecule has 3 fully saturated rings. The highest BCUT2D eigenvalue weighted by molar-refractivity contribution is 6.31. The first-order chi connectivity index (χ1) is 20.7. The topological polar surface area (TPSA) is 113 Å². The van der Waals surface area contributed by atoms with Crippen LogP contribution in [0.2, 0.25) is 5.02 Å². The second kappa shape index (κ2) is 10.1. The number of phenols is 1. The Morgan fingerprint density at radius 2 is 1.61 bits per heavy atom. The fourth-order valence-electron chi connectivity index (χ4n) is 8.06. The molecule has 4 aliphatic rings. The molecule has 6 rings (SSSR count). The summed E-state index contributed by atoms with van der Waals surface area (Å²) in [6.45, 7) is 7.15. The first-order valence-corrected chi connectivity index (χ1v) is 14.9. The predicted octanol–water partition coefficient (Wildman–Crippen LogP) is 5.23. The number of nitrogens with zero attached hydrogens (tertiary/aromatic N) is 2. The lowest BCUT2D eigenvalue weighted by Crippen LogP contribution is -2.49. The van der Waals surface area contributed by atoms with Crippen LogP contribution in [0.5, 0.6) is 17.2 Å². The molecule has 2 aliphatic carbocycles. The number of fused-ring (bicyclic) bond motifs is 4. The Morgan fingerprint density at radius 1 is 0.977 bits per heavy atom. The maximum Gasteiger partial charge on any atom is 0.241 e. The smallest absolute Gasteiger partial charge is 0.241 e. The first kappa shape index (κ1) is 30.1. The average Bonchev–Trinajstić information content (AvgIpc) is 3.34. The van der Waals surface area contributed by atoms with Crippen molar-refractivity contribution in [1.29, 1.82) is 0 Å². The van der Waals surface area contributed by atoms with Gasteiger partial charge >= 0.3 is 0 Å². The van der Waals surface area contributed by atoms with Gasteiger partial charge in [-0.3, -0.25) is 24.1 Å². The van der Waals surface area contributed by atoms with Crippen molar-refractivity contribution in [3.63, 3.8) is 0 Å². The zero-order valence-electron chi connectivity index (χ0n) is 25.3. The number of anilines is 1. The minimum absolute atomic E-state index is 0.122. The number of methoxy groups -OCH3 is 2. The molecule has 0 unspecified atom stereocenters. The van der Waals surface area contributed by atoms with Gasteiger partial charge in [-0.15, -0.1) is 0 Å². The normalized spacial score (nSPS) is 29.8. The molecule has 44 heavy (non-hydrogen) atoms. The van der Waals surface area contributed by atoms with E-state index in [1.54, 1.807) is 6.92 Å². The molecule has 4 amide bonds. The van der Waals surface area contributed by atoms with Gasteiger partial charge in [-0.1, -0.05) is 23.3 Å². The SMILES string of the molecule is COc1cc(O)cc(OC)c1[C@H]1C2=CC[C@@H]3C(=O)N(C(C)(C)C)C(=O)[C@@H]3[C@@H]2C[C@H]2C(=O)N(c3ccc(F)c(Cl)c3)C(=O)[C@@]12C. The van der Waals surface area contributed by atoms with Gasteiger partial charge < -0.3 is 14.6 Å². The van der Waals surface area contributed by atoms with E-state index < -0.39 is 58.2 Å². The van der Waals surface area contributed by atoms with E-state index in [0.29, 0.717) is 5.56 Å². The van der Waals surface area contributed by atoms with Gasteiger partial charge in [-0.05, 0) is 64.7 Å². The molecule has 2 aromatic carbocycles. The average molecular weight is 625 g/mol. The Balaban J connectivity index is 1.59. The van der Waals surface area contributed by atoms with Gasteiger partial charge in [0.15, 0.2) is 0 Å². The molecule has 232 valence electrons. The van der Waals surface area contributed by atoms with Crippen LogP contribution in [0, 0.1) is 34.9 Å². The molecule has 11 heteroatoms. The number of likely N-dealkylation sites (tertiary alicyclic amines) is 1. The molecule has 2 aromatic rings. The zero-order chi connectivity index (χ0) is 32.0. The van der Waals surface area contributed by atoms with Crippen molar-refractivity contribution in [1.82, 2.24) is 4.90 Å². The Bertz CT molecular complexity index is 1640. The number of ether oxygens (including phenoxy) is 2. The number of hydrogen-bond acceptors (Lipinski definition) is 7. The fourth-order valence-corrected chi connectivity index (χ4v) is 8.24. The number of benzene rings is 2. The number of aromatic hydroxyl groups is 1. The van der Waals surface area contributed by atoms with Crippen LogP contribution in [0.1, 0.15) is 52.0 Å². The number of carbonyl (C=O) groups excluding carboxylic acids is 4. The van der Waals surface area contributed by atoms with Crippen LogP contribution in [0.15, 0.2) is 42.0 Å². The highest BCUT2D eigenvalue weighted by Gasteiger charge is 2.68. The van der Waals surface area contributed by atoms with Gasteiger partial charge in [-0.25, -0.2) is 9.29 Å². The van der Waals surface area contributed by atoms with Gasteiger partial charge in [-0.2, -0.15) is 0 Å².